The molecule has 1 N–H and O–H groups in total. The normalized spacial score (nSPS) is 12.0. The zero-order chi connectivity index (χ0) is 18.4. The van der Waals surface area contributed by atoms with Crippen molar-refractivity contribution >= 4 is 34.8 Å². The number of carbonyl (C=O) groups excluding carboxylic acids is 2. The van der Waals surface area contributed by atoms with Gasteiger partial charge < -0.3 is 10.2 Å². The summed E-state index contributed by atoms with van der Waals surface area (Å²) >= 11 is 7.39. The summed E-state index contributed by atoms with van der Waals surface area (Å²) in [5, 5.41) is 2.88. The first kappa shape index (κ1) is 19.5. The van der Waals surface area contributed by atoms with E-state index in [4.69, 9.17) is 11.6 Å². The highest BCUT2D eigenvalue weighted by Crippen LogP contribution is 2.22. The molecule has 0 bridgehead atoms. The number of hydrogen-bond donors (Lipinski definition) is 1. The standard InChI is InChI=1S/C19H23ClN2O2S/c1-13(2)18(21-17(23)11-14-7-5-4-6-8-14)19(24)22(3)12-15-9-10-16(20)25-15/h4-10,13,18H,11-12H2,1-3H3,(H,21,23)/t18-/m0/s1. The van der Waals surface area contributed by atoms with Crippen LogP contribution in [0.2, 0.25) is 4.34 Å². The molecule has 134 valence electrons. The van der Waals surface area contributed by atoms with E-state index >= 15 is 0 Å². The second kappa shape index (κ2) is 9.02. The lowest BCUT2D eigenvalue weighted by atomic mass is 10.0. The van der Waals surface area contributed by atoms with Gasteiger partial charge in [-0.1, -0.05) is 55.8 Å². The number of carbonyl (C=O) groups is 2. The Kier molecular flexibility index (Phi) is 7.02. The minimum atomic E-state index is -0.545. The van der Waals surface area contributed by atoms with Crippen LogP contribution in [0.25, 0.3) is 0 Å². The van der Waals surface area contributed by atoms with Crippen molar-refractivity contribution in [3.05, 3.63) is 57.2 Å². The van der Waals surface area contributed by atoms with E-state index in [0.29, 0.717) is 10.9 Å². The van der Waals surface area contributed by atoms with Gasteiger partial charge in [0.15, 0.2) is 0 Å². The highest BCUT2D eigenvalue weighted by molar-refractivity contribution is 7.16. The third-order valence-corrected chi connectivity index (χ3v) is 5.07. The van der Waals surface area contributed by atoms with Crippen molar-refractivity contribution in [3.63, 3.8) is 0 Å². The third kappa shape index (κ3) is 5.87. The van der Waals surface area contributed by atoms with Gasteiger partial charge in [0, 0.05) is 11.9 Å². The molecule has 1 aromatic carbocycles. The van der Waals surface area contributed by atoms with Gasteiger partial charge in [0.05, 0.1) is 17.3 Å². The van der Waals surface area contributed by atoms with E-state index in [2.05, 4.69) is 5.32 Å². The van der Waals surface area contributed by atoms with E-state index in [9.17, 15) is 9.59 Å². The van der Waals surface area contributed by atoms with Gasteiger partial charge in [-0.3, -0.25) is 9.59 Å². The Hall–Kier alpha value is -1.85. The Morgan fingerprint density at radius 1 is 1.16 bits per heavy atom. The van der Waals surface area contributed by atoms with Crippen LogP contribution in [-0.4, -0.2) is 29.8 Å². The predicted octanol–water partition coefficient (Wildman–Crippen LogP) is 3.74. The highest BCUT2D eigenvalue weighted by Gasteiger charge is 2.27. The molecule has 0 aliphatic carbocycles. The molecule has 4 nitrogen and oxygen atoms in total. The monoisotopic (exact) mass is 378 g/mol. The van der Waals surface area contributed by atoms with E-state index in [1.807, 2.05) is 56.3 Å². The topological polar surface area (TPSA) is 49.4 Å². The van der Waals surface area contributed by atoms with Gasteiger partial charge in [0.1, 0.15) is 6.04 Å². The highest BCUT2D eigenvalue weighted by atomic mass is 35.5. The molecule has 2 amide bonds. The lowest BCUT2D eigenvalue weighted by Gasteiger charge is -2.27. The molecule has 6 heteroatoms. The van der Waals surface area contributed by atoms with Crippen LogP contribution in [0.15, 0.2) is 42.5 Å². The van der Waals surface area contributed by atoms with Crippen molar-refractivity contribution in [3.8, 4) is 0 Å². The van der Waals surface area contributed by atoms with Crippen LogP contribution in [-0.2, 0) is 22.6 Å². The number of thiophene rings is 1. The Morgan fingerprint density at radius 3 is 2.40 bits per heavy atom. The molecule has 25 heavy (non-hydrogen) atoms. The zero-order valence-electron chi connectivity index (χ0n) is 14.7. The number of amides is 2. The van der Waals surface area contributed by atoms with E-state index in [0.717, 1.165) is 10.4 Å². The average Bonchev–Trinajstić information content (AvgIpc) is 2.97. The Bertz CT molecular complexity index is 715. The number of rotatable bonds is 7. The molecule has 0 saturated carbocycles. The van der Waals surface area contributed by atoms with Crippen molar-refractivity contribution < 1.29 is 9.59 Å². The van der Waals surface area contributed by atoms with E-state index in [1.54, 1.807) is 11.9 Å². The van der Waals surface area contributed by atoms with Crippen molar-refractivity contribution in [2.45, 2.75) is 32.9 Å². The maximum Gasteiger partial charge on any atom is 0.245 e. The lowest BCUT2D eigenvalue weighted by molar-refractivity contribution is -0.136. The van der Waals surface area contributed by atoms with Crippen LogP contribution in [0.5, 0.6) is 0 Å². The first-order chi connectivity index (χ1) is 11.9. The first-order valence-electron chi connectivity index (χ1n) is 8.19. The van der Waals surface area contributed by atoms with Crippen LogP contribution in [0.3, 0.4) is 0 Å². The average molecular weight is 379 g/mol. The molecular formula is C19H23ClN2O2S. The van der Waals surface area contributed by atoms with Crippen molar-refractivity contribution in [1.82, 2.24) is 10.2 Å². The summed E-state index contributed by atoms with van der Waals surface area (Å²) in [6.45, 7) is 4.34. The van der Waals surface area contributed by atoms with Gasteiger partial charge in [0.25, 0.3) is 0 Å². The molecule has 2 rings (SSSR count). The fourth-order valence-electron chi connectivity index (χ4n) is 2.51. The fraction of sp³-hybridized carbons (Fsp3) is 0.368. The van der Waals surface area contributed by atoms with Gasteiger partial charge in [-0.15, -0.1) is 11.3 Å². The maximum atomic E-state index is 12.8. The molecule has 1 atom stereocenters. The lowest BCUT2D eigenvalue weighted by Crippen LogP contribution is -2.50. The van der Waals surface area contributed by atoms with Crippen LogP contribution in [0.1, 0.15) is 24.3 Å². The van der Waals surface area contributed by atoms with Crippen LogP contribution in [0, 0.1) is 5.92 Å². The van der Waals surface area contributed by atoms with Crippen LogP contribution < -0.4 is 5.32 Å². The summed E-state index contributed by atoms with van der Waals surface area (Å²) in [6.07, 6.45) is 0.265. The summed E-state index contributed by atoms with van der Waals surface area (Å²) < 4.78 is 0.701. The number of hydrogen-bond acceptors (Lipinski definition) is 3. The molecule has 0 saturated heterocycles. The molecule has 2 aromatic rings. The number of benzene rings is 1. The Morgan fingerprint density at radius 2 is 1.84 bits per heavy atom. The number of halogens is 1. The largest absolute Gasteiger partial charge is 0.344 e. The smallest absolute Gasteiger partial charge is 0.245 e. The van der Waals surface area contributed by atoms with Gasteiger partial charge in [0.2, 0.25) is 11.8 Å². The molecule has 1 heterocycles. The first-order valence-corrected chi connectivity index (χ1v) is 9.38. The van der Waals surface area contributed by atoms with Crippen LogP contribution >= 0.6 is 22.9 Å². The molecule has 1 aromatic heterocycles. The Labute approximate surface area is 157 Å². The van der Waals surface area contributed by atoms with Crippen LogP contribution in [0.4, 0.5) is 0 Å². The second-order valence-electron chi connectivity index (χ2n) is 6.35. The third-order valence-electron chi connectivity index (χ3n) is 3.85. The summed E-state index contributed by atoms with van der Waals surface area (Å²) in [6, 6.07) is 12.7. The minimum absolute atomic E-state index is 0.00148. The SMILES string of the molecule is CC(C)[C@H](NC(=O)Cc1ccccc1)C(=O)N(C)Cc1ccc(Cl)s1. The summed E-state index contributed by atoms with van der Waals surface area (Å²) in [4.78, 5) is 27.7. The zero-order valence-corrected chi connectivity index (χ0v) is 16.2. The van der Waals surface area contributed by atoms with Crippen molar-refractivity contribution in [2.24, 2.45) is 5.92 Å². The fourth-order valence-corrected chi connectivity index (χ4v) is 3.65. The molecule has 0 unspecified atom stereocenters. The molecule has 0 spiro atoms. The van der Waals surface area contributed by atoms with Crippen molar-refractivity contribution in [2.75, 3.05) is 7.05 Å². The van der Waals surface area contributed by atoms with E-state index < -0.39 is 6.04 Å². The molecule has 0 aliphatic rings. The summed E-state index contributed by atoms with van der Waals surface area (Å²) in [5.74, 6) is -0.242. The molecular weight excluding hydrogens is 356 g/mol. The van der Waals surface area contributed by atoms with Gasteiger partial charge in [-0.05, 0) is 23.6 Å². The van der Waals surface area contributed by atoms with Gasteiger partial charge in [-0.25, -0.2) is 0 Å². The molecule has 0 aliphatic heterocycles. The van der Waals surface area contributed by atoms with Crippen molar-refractivity contribution in [1.29, 1.82) is 0 Å². The second-order valence-corrected chi connectivity index (χ2v) is 8.15. The Balaban J connectivity index is 1.98. The molecule has 0 radical (unpaired) electrons. The van der Waals surface area contributed by atoms with Gasteiger partial charge in [-0.2, -0.15) is 0 Å². The van der Waals surface area contributed by atoms with E-state index in [1.165, 1.54) is 11.3 Å². The maximum absolute atomic E-state index is 12.8. The quantitative estimate of drug-likeness (QED) is 0.797. The number of nitrogens with one attached hydrogen (secondary N) is 1. The number of likely N-dealkylation sites (N-methyl/N-ethyl adjacent to an activating group) is 1. The minimum Gasteiger partial charge on any atom is -0.344 e. The summed E-state index contributed by atoms with van der Waals surface area (Å²) in [5.41, 5.74) is 0.927. The number of nitrogens with zero attached hydrogens (tertiary/aromatic N) is 1. The summed E-state index contributed by atoms with van der Waals surface area (Å²) in [7, 11) is 1.74. The van der Waals surface area contributed by atoms with E-state index in [-0.39, 0.29) is 24.2 Å². The van der Waals surface area contributed by atoms with Gasteiger partial charge >= 0.3 is 0 Å². The predicted molar refractivity (Wildman–Crippen MR) is 103 cm³/mol. The molecule has 0 fully saturated rings.